The fourth-order valence-corrected chi connectivity index (χ4v) is 5.78. The number of sulfonamides is 1. The van der Waals surface area contributed by atoms with Gasteiger partial charge in [0, 0.05) is 4.88 Å². The Morgan fingerprint density at radius 3 is 2.41 bits per heavy atom. The van der Waals surface area contributed by atoms with E-state index in [0.717, 1.165) is 46.7 Å². The predicted molar refractivity (Wildman–Crippen MR) is 125 cm³/mol. The van der Waals surface area contributed by atoms with Gasteiger partial charge in [-0.05, 0) is 69.4 Å². The van der Waals surface area contributed by atoms with Crippen LogP contribution < -0.4 is 14.4 Å². The molecule has 2 aromatic rings. The molecule has 174 valence electrons. The molecule has 3 rings (SSSR count). The molecule has 1 amide bonds. The average Bonchev–Trinajstić information content (AvgIpc) is 3.08. The molecule has 0 fully saturated rings. The summed E-state index contributed by atoms with van der Waals surface area (Å²) in [6.45, 7) is 3.37. The van der Waals surface area contributed by atoms with E-state index in [1.165, 1.54) is 18.4 Å². The first-order chi connectivity index (χ1) is 15.1. The van der Waals surface area contributed by atoms with Crippen molar-refractivity contribution in [3.05, 3.63) is 40.3 Å². The van der Waals surface area contributed by atoms with Crippen molar-refractivity contribution in [2.45, 2.75) is 45.6 Å². The summed E-state index contributed by atoms with van der Waals surface area (Å²) in [6.07, 6.45) is 4.63. The first kappa shape index (κ1) is 24.1. The number of fused-ring (bicyclic) bond motifs is 1. The fraction of sp³-hybridized carbons (Fsp3) is 0.455. The van der Waals surface area contributed by atoms with Gasteiger partial charge >= 0.3 is 5.97 Å². The van der Waals surface area contributed by atoms with E-state index >= 15 is 0 Å². The molecular formula is C22H28N2O6S2. The molecule has 10 heteroatoms. The van der Waals surface area contributed by atoms with Crippen LogP contribution in [0.3, 0.4) is 0 Å². The lowest BCUT2D eigenvalue weighted by molar-refractivity contribution is -0.114. The van der Waals surface area contributed by atoms with Crippen LogP contribution in [0.2, 0.25) is 0 Å². The normalized spacial score (nSPS) is 13.4. The molecule has 32 heavy (non-hydrogen) atoms. The summed E-state index contributed by atoms with van der Waals surface area (Å²) in [7, 11) is -2.43. The lowest BCUT2D eigenvalue weighted by Gasteiger charge is -2.22. The van der Waals surface area contributed by atoms with E-state index in [2.05, 4.69) is 5.32 Å². The summed E-state index contributed by atoms with van der Waals surface area (Å²) < 4.78 is 36.3. The van der Waals surface area contributed by atoms with Gasteiger partial charge in [-0.2, -0.15) is 0 Å². The van der Waals surface area contributed by atoms with Crippen molar-refractivity contribution < 1.29 is 27.5 Å². The molecular weight excluding hydrogens is 452 g/mol. The molecule has 0 saturated heterocycles. The minimum Gasteiger partial charge on any atom is -0.491 e. The quantitative estimate of drug-likeness (QED) is 0.579. The SMILES string of the molecule is COC(=O)c1c(NC(=O)CN(c2ccc(OC(C)C)cc2)S(C)(=O)=O)sc2c1CCCC2. The minimum absolute atomic E-state index is 0.0155. The molecule has 1 aromatic heterocycles. The van der Waals surface area contributed by atoms with E-state index in [-0.39, 0.29) is 6.10 Å². The van der Waals surface area contributed by atoms with Gasteiger partial charge < -0.3 is 14.8 Å². The molecule has 0 saturated carbocycles. The van der Waals surface area contributed by atoms with Crippen LogP contribution in [-0.4, -0.2) is 46.3 Å². The molecule has 0 unspecified atom stereocenters. The number of anilines is 2. The number of rotatable bonds is 8. The molecule has 1 heterocycles. The second kappa shape index (κ2) is 9.91. The summed E-state index contributed by atoms with van der Waals surface area (Å²) in [5.41, 5.74) is 1.64. The van der Waals surface area contributed by atoms with Crippen LogP contribution in [0.1, 0.15) is 47.5 Å². The summed E-state index contributed by atoms with van der Waals surface area (Å²) in [4.78, 5) is 26.3. The number of hydrogen-bond donors (Lipinski definition) is 1. The minimum atomic E-state index is -3.73. The number of thiophene rings is 1. The second-order valence-electron chi connectivity index (χ2n) is 7.88. The zero-order valence-electron chi connectivity index (χ0n) is 18.6. The largest absolute Gasteiger partial charge is 0.491 e. The highest BCUT2D eigenvalue weighted by Crippen LogP contribution is 2.38. The van der Waals surface area contributed by atoms with Gasteiger partial charge in [0.2, 0.25) is 15.9 Å². The third-order valence-corrected chi connectivity index (χ3v) is 7.35. The van der Waals surface area contributed by atoms with Crippen LogP contribution >= 0.6 is 11.3 Å². The summed E-state index contributed by atoms with van der Waals surface area (Å²) >= 11 is 1.35. The van der Waals surface area contributed by atoms with Crippen molar-refractivity contribution in [2.75, 3.05) is 29.5 Å². The maximum absolute atomic E-state index is 12.8. The maximum atomic E-state index is 12.8. The average molecular weight is 481 g/mol. The molecule has 1 aliphatic carbocycles. The fourth-order valence-electron chi connectivity index (χ4n) is 3.63. The maximum Gasteiger partial charge on any atom is 0.341 e. The van der Waals surface area contributed by atoms with Crippen molar-refractivity contribution >= 4 is 43.9 Å². The van der Waals surface area contributed by atoms with Crippen molar-refractivity contribution in [2.24, 2.45) is 0 Å². The van der Waals surface area contributed by atoms with Gasteiger partial charge in [-0.15, -0.1) is 11.3 Å². The third-order valence-electron chi connectivity index (χ3n) is 5.00. The molecule has 0 atom stereocenters. The third kappa shape index (κ3) is 5.60. The number of carbonyl (C=O) groups excluding carboxylic acids is 2. The Morgan fingerprint density at radius 1 is 1.16 bits per heavy atom. The number of aryl methyl sites for hydroxylation is 1. The Kier molecular flexibility index (Phi) is 7.45. The number of methoxy groups -OCH3 is 1. The number of amides is 1. The van der Waals surface area contributed by atoms with E-state index in [1.807, 2.05) is 13.8 Å². The number of esters is 1. The van der Waals surface area contributed by atoms with Crippen molar-refractivity contribution in [3.8, 4) is 5.75 Å². The molecule has 0 aliphatic heterocycles. The molecule has 1 N–H and O–H groups in total. The molecule has 0 bridgehead atoms. The van der Waals surface area contributed by atoms with Crippen molar-refractivity contribution in [1.82, 2.24) is 0 Å². The van der Waals surface area contributed by atoms with Crippen LogP contribution in [0, 0.1) is 0 Å². The Hall–Kier alpha value is -2.59. The molecule has 1 aliphatic rings. The summed E-state index contributed by atoms with van der Waals surface area (Å²) in [5.74, 6) is -0.435. The number of carbonyl (C=O) groups is 2. The highest BCUT2D eigenvalue weighted by molar-refractivity contribution is 7.92. The van der Waals surface area contributed by atoms with Crippen LogP contribution in [0.15, 0.2) is 24.3 Å². The van der Waals surface area contributed by atoms with E-state index in [9.17, 15) is 18.0 Å². The van der Waals surface area contributed by atoms with E-state index < -0.39 is 28.4 Å². The standard InChI is InChI=1S/C22H28N2O6S2/c1-14(2)30-16-11-9-15(10-12-16)24(32(4,27)28)13-19(25)23-21-20(22(26)29-3)17-7-5-6-8-18(17)31-21/h9-12,14H,5-8,13H2,1-4H3,(H,23,25). The Labute approximate surface area is 192 Å². The van der Waals surface area contributed by atoms with E-state index in [1.54, 1.807) is 24.3 Å². The number of benzene rings is 1. The zero-order chi connectivity index (χ0) is 23.5. The van der Waals surface area contributed by atoms with Gasteiger partial charge in [-0.25, -0.2) is 13.2 Å². The highest BCUT2D eigenvalue weighted by atomic mass is 32.2. The van der Waals surface area contributed by atoms with Crippen LogP contribution in [0.5, 0.6) is 5.75 Å². The highest BCUT2D eigenvalue weighted by Gasteiger charge is 2.28. The first-order valence-corrected chi connectivity index (χ1v) is 13.0. The lowest BCUT2D eigenvalue weighted by Crippen LogP contribution is -2.37. The Morgan fingerprint density at radius 2 is 1.81 bits per heavy atom. The van der Waals surface area contributed by atoms with Gasteiger partial charge in [0.1, 0.15) is 17.3 Å². The van der Waals surface area contributed by atoms with Crippen LogP contribution in [0.4, 0.5) is 10.7 Å². The number of ether oxygens (including phenoxy) is 2. The van der Waals surface area contributed by atoms with Crippen LogP contribution in [-0.2, 0) is 32.4 Å². The predicted octanol–water partition coefficient (Wildman–Crippen LogP) is 3.61. The van der Waals surface area contributed by atoms with E-state index in [0.29, 0.717) is 22.0 Å². The topological polar surface area (TPSA) is 102 Å². The van der Waals surface area contributed by atoms with Gasteiger partial charge in [-0.1, -0.05) is 0 Å². The van der Waals surface area contributed by atoms with Crippen LogP contribution in [0.25, 0.3) is 0 Å². The van der Waals surface area contributed by atoms with Crippen molar-refractivity contribution in [1.29, 1.82) is 0 Å². The number of nitrogens with zero attached hydrogens (tertiary/aromatic N) is 1. The number of hydrogen-bond acceptors (Lipinski definition) is 7. The molecule has 0 spiro atoms. The lowest BCUT2D eigenvalue weighted by atomic mass is 9.95. The monoisotopic (exact) mass is 480 g/mol. The van der Waals surface area contributed by atoms with Gasteiger partial charge in [0.15, 0.2) is 0 Å². The Bertz CT molecular complexity index is 1090. The first-order valence-electron chi connectivity index (χ1n) is 10.4. The van der Waals surface area contributed by atoms with Gasteiger partial charge in [0.05, 0.1) is 30.7 Å². The van der Waals surface area contributed by atoms with E-state index in [4.69, 9.17) is 9.47 Å². The molecule has 0 radical (unpaired) electrons. The second-order valence-corrected chi connectivity index (χ2v) is 10.9. The molecule has 1 aromatic carbocycles. The summed E-state index contributed by atoms with van der Waals surface area (Å²) in [6, 6.07) is 6.51. The van der Waals surface area contributed by atoms with Gasteiger partial charge in [-0.3, -0.25) is 9.10 Å². The smallest absolute Gasteiger partial charge is 0.341 e. The Balaban J connectivity index is 1.83. The number of nitrogens with one attached hydrogen (secondary N) is 1. The van der Waals surface area contributed by atoms with Crippen molar-refractivity contribution in [3.63, 3.8) is 0 Å². The zero-order valence-corrected chi connectivity index (χ0v) is 20.3. The molecule has 8 nitrogen and oxygen atoms in total. The van der Waals surface area contributed by atoms with Gasteiger partial charge in [0.25, 0.3) is 0 Å². The summed E-state index contributed by atoms with van der Waals surface area (Å²) in [5, 5.41) is 3.15.